The zero-order valence-electron chi connectivity index (χ0n) is 24.3. The first-order chi connectivity index (χ1) is 22.8. The van der Waals surface area contributed by atoms with Gasteiger partial charge in [0.25, 0.3) is 40.3 Å². The van der Waals surface area contributed by atoms with E-state index in [1.54, 1.807) is 0 Å². The van der Waals surface area contributed by atoms with Crippen LogP contribution in [-0.2, 0) is 52.6 Å². The largest absolute Gasteiger partial charge is 0.416 e. The Balaban J connectivity index is 1.68. The molecule has 0 radical (unpaired) electrons. The first-order valence-corrected chi connectivity index (χ1v) is 18.9. The summed E-state index contributed by atoms with van der Waals surface area (Å²) in [6.07, 6.45) is -7.98. The van der Waals surface area contributed by atoms with Crippen LogP contribution in [0.25, 0.3) is 12.2 Å². The van der Waals surface area contributed by atoms with Gasteiger partial charge in [0.2, 0.25) is 0 Å². The summed E-state index contributed by atoms with van der Waals surface area (Å²) in [5.41, 5.74) is -4.42. The molecule has 22 heteroatoms. The molecule has 50 heavy (non-hydrogen) atoms. The van der Waals surface area contributed by atoms with Gasteiger partial charge in [0.15, 0.2) is 0 Å². The minimum atomic E-state index is -5.16. The van der Waals surface area contributed by atoms with Gasteiger partial charge in [0, 0.05) is 0 Å². The topological polar surface area (TPSA) is 201 Å². The second-order valence-electron chi connectivity index (χ2n) is 10.1. The summed E-state index contributed by atoms with van der Waals surface area (Å²) < 4.78 is 201. The number of alkyl halides is 6. The van der Waals surface area contributed by atoms with E-state index in [0.717, 1.165) is 60.7 Å². The average molecular weight is 787 g/mol. The van der Waals surface area contributed by atoms with E-state index in [9.17, 15) is 69.1 Å². The molecule has 4 N–H and O–H groups in total. The van der Waals surface area contributed by atoms with Crippen LogP contribution in [0.2, 0.25) is 0 Å². The maximum Gasteiger partial charge on any atom is 0.416 e. The van der Waals surface area contributed by atoms with Gasteiger partial charge in [-0.1, -0.05) is 36.4 Å². The van der Waals surface area contributed by atoms with Gasteiger partial charge in [-0.05, 0) is 71.8 Å². The third-order valence-corrected chi connectivity index (χ3v) is 11.0. The molecule has 0 saturated carbocycles. The van der Waals surface area contributed by atoms with E-state index in [0.29, 0.717) is 36.4 Å². The fraction of sp³-hybridized carbons (Fsp3) is 0.0714. The standard InChI is InChI=1S/C28H20F6N2O10S4/c29-27(30,31)19-3-1-5-23(13-19)47(37,38)35-21-11-9-17(25(15-21)49(41,42)43)7-8-18-10-12-22(16-26(18)50(44,45)46)36-48(39,40)24-6-2-4-20(14-24)28(32,33)34/h1-16,35-36H,(H,41,42,43)(H,44,45,46)/b8-7+. The van der Waals surface area contributed by atoms with Gasteiger partial charge in [0.05, 0.1) is 32.3 Å². The van der Waals surface area contributed by atoms with E-state index in [2.05, 4.69) is 0 Å². The third-order valence-electron chi connectivity index (χ3n) is 6.47. The fourth-order valence-corrected chi connectivity index (χ4v) is 7.81. The van der Waals surface area contributed by atoms with Gasteiger partial charge in [-0.25, -0.2) is 16.8 Å². The first kappa shape index (κ1) is 38.3. The Hall–Kier alpha value is -4.48. The van der Waals surface area contributed by atoms with Crippen LogP contribution in [0.5, 0.6) is 0 Å². The molecule has 0 amide bonds. The Morgan fingerprint density at radius 2 is 0.840 bits per heavy atom. The average Bonchev–Trinajstić information content (AvgIpc) is 2.99. The van der Waals surface area contributed by atoms with Crippen molar-refractivity contribution in [1.82, 2.24) is 0 Å². The Labute approximate surface area is 280 Å². The van der Waals surface area contributed by atoms with Crippen LogP contribution >= 0.6 is 0 Å². The lowest BCUT2D eigenvalue weighted by Gasteiger charge is -2.13. The highest BCUT2D eigenvalue weighted by Crippen LogP contribution is 2.33. The predicted molar refractivity (Wildman–Crippen MR) is 166 cm³/mol. The van der Waals surface area contributed by atoms with E-state index < -0.39 is 106 Å². The monoisotopic (exact) mass is 786 g/mol. The molecule has 0 aliphatic carbocycles. The molecule has 0 fully saturated rings. The van der Waals surface area contributed by atoms with Gasteiger partial charge in [-0.15, -0.1) is 0 Å². The third kappa shape index (κ3) is 9.19. The molecular formula is C28H20F6N2O10S4. The molecule has 0 saturated heterocycles. The Kier molecular flexibility index (Phi) is 10.2. The van der Waals surface area contributed by atoms with E-state index in [1.165, 1.54) is 0 Å². The summed E-state index contributed by atoms with van der Waals surface area (Å²) in [4.78, 5) is -3.58. The molecule has 0 heterocycles. The minimum absolute atomic E-state index is 0.331. The van der Waals surface area contributed by atoms with Crippen LogP contribution in [-0.4, -0.2) is 42.8 Å². The molecule has 0 aromatic heterocycles. The molecule has 0 unspecified atom stereocenters. The van der Waals surface area contributed by atoms with E-state index in [1.807, 2.05) is 9.44 Å². The van der Waals surface area contributed by atoms with Crippen LogP contribution in [0, 0.1) is 0 Å². The van der Waals surface area contributed by atoms with Crippen molar-refractivity contribution in [2.45, 2.75) is 31.9 Å². The van der Waals surface area contributed by atoms with Crippen molar-refractivity contribution >= 4 is 63.8 Å². The van der Waals surface area contributed by atoms with Crippen LogP contribution in [0.15, 0.2) is 105 Å². The van der Waals surface area contributed by atoms with Crippen LogP contribution in [0.4, 0.5) is 37.7 Å². The fourth-order valence-electron chi connectivity index (χ4n) is 4.20. The van der Waals surface area contributed by atoms with Gasteiger partial charge < -0.3 is 0 Å². The molecule has 4 aromatic rings. The van der Waals surface area contributed by atoms with Crippen molar-refractivity contribution in [1.29, 1.82) is 0 Å². The Morgan fingerprint density at radius 3 is 1.14 bits per heavy atom. The number of hydrogen-bond donors (Lipinski definition) is 4. The van der Waals surface area contributed by atoms with E-state index >= 15 is 0 Å². The predicted octanol–water partition coefficient (Wildman–Crippen LogP) is 5.99. The van der Waals surface area contributed by atoms with Crippen LogP contribution in [0.3, 0.4) is 0 Å². The molecule has 0 atom stereocenters. The maximum absolute atomic E-state index is 13.1. The quantitative estimate of drug-likeness (QED) is 0.0841. The Morgan fingerprint density at radius 1 is 0.500 bits per heavy atom. The van der Waals surface area contributed by atoms with E-state index in [-0.39, 0.29) is 0 Å². The molecule has 0 bridgehead atoms. The van der Waals surface area contributed by atoms with Crippen molar-refractivity contribution in [3.63, 3.8) is 0 Å². The molecule has 0 aliphatic heterocycles. The summed E-state index contributed by atoms with van der Waals surface area (Å²) in [7, 11) is -19.8. The van der Waals surface area contributed by atoms with Gasteiger partial charge in [-0.2, -0.15) is 43.2 Å². The molecule has 0 spiro atoms. The summed E-state index contributed by atoms with van der Waals surface area (Å²) in [6, 6.07) is 10.2. The second kappa shape index (κ2) is 13.3. The second-order valence-corrected chi connectivity index (χ2v) is 16.2. The van der Waals surface area contributed by atoms with E-state index in [4.69, 9.17) is 0 Å². The normalized spacial score (nSPS) is 13.4. The number of halogens is 6. The molecule has 268 valence electrons. The number of benzene rings is 4. The highest BCUT2D eigenvalue weighted by molar-refractivity contribution is 7.93. The summed E-state index contributed by atoms with van der Waals surface area (Å²) in [5, 5.41) is 0. The van der Waals surface area contributed by atoms with Gasteiger partial charge >= 0.3 is 12.4 Å². The van der Waals surface area contributed by atoms with Crippen molar-refractivity contribution in [2.75, 3.05) is 9.44 Å². The minimum Gasteiger partial charge on any atom is -0.282 e. The highest BCUT2D eigenvalue weighted by Gasteiger charge is 2.33. The van der Waals surface area contributed by atoms with Gasteiger partial charge in [0.1, 0.15) is 9.79 Å². The maximum atomic E-state index is 13.1. The van der Waals surface area contributed by atoms with Crippen molar-refractivity contribution < 1.29 is 69.1 Å². The van der Waals surface area contributed by atoms with Gasteiger partial charge in [-0.3, -0.25) is 18.5 Å². The first-order valence-electron chi connectivity index (χ1n) is 13.1. The Bertz CT molecular complexity index is 2280. The number of hydrogen-bond acceptors (Lipinski definition) is 8. The van der Waals surface area contributed by atoms with Crippen molar-refractivity contribution in [3.8, 4) is 0 Å². The molecule has 4 rings (SSSR count). The number of nitrogens with one attached hydrogen (secondary N) is 2. The van der Waals surface area contributed by atoms with Crippen molar-refractivity contribution in [2.24, 2.45) is 0 Å². The SMILES string of the molecule is O=S(=O)(O)c1cc(NS(=O)(=O)c2cccc(C(F)(F)F)c2)ccc1/C=C/c1ccc(NS(=O)(=O)c2cccc(C(F)(F)F)c2)cc1S(=O)(=O)O. The number of sulfonamides is 2. The smallest absolute Gasteiger partial charge is 0.282 e. The summed E-state index contributed by atoms with van der Waals surface area (Å²) in [5.74, 6) is 0. The summed E-state index contributed by atoms with van der Waals surface area (Å²) >= 11 is 0. The van der Waals surface area contributed by atoms with Crippen LogP contribution < -0.4 is 9.44 Å². The highest BCUT2D eigenvalue weighted by atomic mass is 32.2. The molecular weight excluding hydrogens is 767 g/mol. The molecule has 12 nitrogen and oxygen atoms in total. The lowest BCUT2D eigenvalue weighted by Crippen LogP contribution is -2.15. The molecule has 4 aromatic carbocycles. The molecule has 0 aliphatic rings. The van der Waals surface area contributed by atoms with Crippen LogP contribution in [0.1, 0.15) is 22.3 Å². The number of rotatable bonds is 10. The summed E-state index contributed by atoms with van der Waals surface area (Å²) in [6.45, 7) is 0. The number of anilines is 2. The lowest BCUT2D eigenvalue weighted by atomic mass is 10.1. The van der Waals surface area contributed by atoms with Crippen molar-refractivity contribution in [3.05, 3.63) is 107 Å². The zero-order valence-corrected chi connectivity index (χ0v) is 27.6. The lowest BCUT2D eigenvalue weighted by molar-refractivity contribution is -0.138. The zero-order chi connectivity index (χ0) is 37.5.